The lowest BCUT2D eigenvalue weighted by Crippen LogP contribution is -2.15. The lowest BCUT2D eigenvalue weighted by Gasteiger charge is -2.13. The van der Waals surface area contributed by atoms with Gasteiger partial charge in [-0.15, -0.1) is 0 Å². The molecule has 86 valence electrons. The van der Waals surface area contributed by atoms with Crippen molar-refractivity contribution in [3.63, 3.8) is 0 Å². The minimum atomic E-state index is -0.486. The first-order valence-corrected chi connectivity index (χ1v) is 5.80. The van der Waals surface area contributed by atoms with Gasteiger partial charge in [0.05, 0.1) is 13.2 Å². The van der Waals surface area contributed by atoms with Crippen LogP contribution in [0.5, 0.6) is 0 Å². The van der Waals surface area contributed by atoms with Crippen molar-refractivity contribution in [2.75, 3.05) is 7.11 Å². The highest BCUT2D eigenvalue weighted by atomic mass is 127. The van der Waals surface area contributed by atoms with E-state index in [4.69, 9.17) is 4.74 Å². The topological polar surface area (TPSA) is 46.5 Å². The molecule has 0 saturated carbocycles. The molecule has 0 rings (SSSR count). The van der Waals surface area contributed by atoms with Gasteiger partial charge in [-0.3, -0.25) is 4.79 Å². The Hall–Kier alpha value is -0.360. The molecular weight excluding hydrogens is 307 g/mol. The summed E-state index contributed by atoms with van der Waals surface area (Å²) in [7, 11) is 1.44. The van der Waals surface area contributed by atoms with Crippen LogP contribution in [-0.2, 0) is 9.53 Å². The van der Waals surface area contributed by atoms with Gasteiger partial charge in [-0.25, -0.2) is 0 Å². The van der Waals surface area contributed by atoms with Crippen LogP contribution in [0.4, 0.5) is 0 Å². The molecule has 0 aliphatic rings. The van der Waals surface area contributed by atoms with E-state index in [1.165, 1.54) is 7.11 Å². The van der Waals surface area contributed by atoms with E-state index in [0.717, 1.165) is 3.58 Å². The van der Waals surface area contributed by atoms with Crippen LogP contribution in [0.2, 0.25) is 0 Å². The van der Waals surface area contributed by atoms with Gasteiger partial charge >= 0.3 is 0 Å². The van der Waals surface area contributed by atoms with Crippen LogP contribution < -0.4 is 0 Å². The van der Waals surface area contributed by atoms with E-state index in [1.54, 1.807) is 6.08 Å². The van der Waals surface area contributed by atoms with Gasteiger partial charge in [0, 0.05) is 5.92 Å². The molecule has 0 aromatic carbocycles. The Balaban J connectivity index is 4.24. The third kappa shape index (κ3) is 6.67. The summed E-state index contributed by atoms with van der Waals surface area (Å²) >= 11 is 2.20. The average Bonchev–Trinajstić information content (AvgIpc) is 2.18. The highest BCUT2D eigenvalue weighted by Gasteiger charge is 2.10. The molecule has 0 bridgehead atoms. The summed E-state index contributed by atoms with van der Waals surface area (Å²) < 4.78 is 5.92. The average molecular weight is 324 g/mol. The maximum Gasteiger partial charge on any atom is 0.184 e. The fourth-order valence-corrected chi connectivity index (χ4v) is 1.67. The van der Waals surface area contributed by atoms with Crippen molar-refractivity contribution in [2.24, 2.45) is 5.92 Å². The molecule has 0 spiro atoms. The van der Waals surface area contributed by atoms with Gasteiger partial charge in [0.15, 0.2) is 12.0 Å². The van der Waals surface area contributed by atoms with Crippen molar-refractivity contribution in [1.29, 1.82) is 0 Å². The first kappa shape index (κ1) is 14.6. The van der Waals surface area contributed by atoms with Crippen LogP contribution in [0.1, 0.15) is 20.3 Å². The highest BCUT2D eigenvalue weighted by molar-refractivity contribution is 14.1. The largest absolute Gasteiger partial charge is 0.494 e. The second kappa shape index (κ2) is 7.87. The van der Waals surface area contributed by atoms with Crippen LogP contribution >= 0.6 is 22.6 Å². The summed E-state index contributed by atoms with van der Waals surface area (Å²) in [6.45, 7) is 3.92. The molecule has 15 heavy (non-hydrogen) atoms. The van der Waals surface area contributed by atoms with Gasteiger partial charge in [0.1, 0.15) is 0 Å². The molecule has 0 aliphatic carbocycles. The predicted molar refractivity (Wildman–Crippen MR) is 68.7 cm³/mol. The quantitative estimate of drug-likeness (QED) is 0.353. The van der Waals surface area contributed by atoms with Crippen LogP contribution in [0.3, 0.4) is 0 Å². The number of allylic oxidation sites excluding steroid dienone is 2. The lowest BCUT2D eigenvalue weighted by molar-refractivity contribution is -0.107. The van der Waals surface area contributed by atoms with E-state index in [-0.39, 0.29) is 11.7 Å². The highest BCUT2D eigenvalue weighted by Crippen LogP contribution is 2.15. The number of carbonyl (C=O) groups excluding carboxylic acids is 1. The SMILES string of the molecule is CO/C(C=O)=C/C[C@H](O)[C@@H](C)/C=C(\C)I. The lowest BCUT2D eigenvalue weighted by atomic mass is 10.0. The number of rotatable bonds is 6. The second-order valence-corrected chi connectivity index (χ2v) is 5.05. The van der Waals surface area contributed by atoms with Crippen molar-refractivity contribution in [3.8, 4) is 0 Å². The minimum absolute atomic E-state index is 0.0721. The van der Waals surface area contributed by atoms with E-state index < -0.39 is 6.10 Å². The molecule has 0 amide bonds. The minimum Gasteiger partial charge on any atom is -0.494 e. The monoisotopic (exact) mass is 324 g/mol. The Morgan fingerprint density at radius 1 is 1.60 bits per heavy atom. The number of halogens is 1. The Morgan fingerprint density at radius 3 is 2.60 bits per heavy atom. The number of hydrogen-bond donors (Lipinski definition) is 1. The smallest absolute Gasteiger partial charge is 0.184 e. The van der Waals surface area contributed by atoms with Gasteiger partial charge < -0.3 is 9.84 Å². The molecule has 3 nitrogen and oxygen atoms in total. The number of ether oxygens (including phenoxy) is 1. The van der Waals surface area contributed by atoms with Crippen molar-refractivity contribution < 1.29 is 14.6 Å². The van der Waals surface area contributed by atoms with Gasteiger partial charge in [-0.05, 0) is 45.6 Å². The first-order valence-electron chi connectivity index (χ1n) is 4.72. The number of aliphatic hydroxyl groups excluding tert-OH is 1. The Labute approximate surface area is 104 Å². The number of aldehydes is 1. The summed E-state index contributed by atoms with van der Waals surface area (Å²) in [4.78, 5) is 10.4. The van der Waals surface area contributed by atoms with Gasteiger partial charge in [-0.2, -0.15) is 0 Å². The second-order valence-electron chi connectivity index (χ2n) is 3.34. The molecule has 0 saturated heterocycles. The molecule has 0 heterocycles. The molecule has 0 aromatic rings. The zero-order valence-electron chi connectivity index (χ0n) is 9.24. The van der Waals surface area contributed by atoms with E-state index in [0.29, 0.717) is 12.7 Å². The van der Waals surface area contributed by atoms with Crippen molar-refractivity contribution in [1.82, 2.24) is 0 Å². The number of hydrogen-bond acceptors (Lipinski definition) is 3. The Morgan fingerprint density at radius 2 is 2.20 bits per heavy atom. The fraction of sp³-hybridized carbons (Fsp3) is 0.545. The van der Waals surface area contributed by atoms with Crippen LogP contribution in [0.15, 0.2) is 21.5 Å². The molecule has 0 aliphatic heterocycles. The Kier molecular flexibility index (Phi) is 7.68. The summed E-state index contributed by atoms with van der Waals surface area (Å²) in [6, 6.07) is 0. The zero-order chi connectivity index (χ0) is 11.8. The van der Waals surface area contributed by atoms with Gasteiger partial charge in [-0.1, -0.05) is 13.0 Å². The molecule has 4 heteroatoms. The standard InChI is InChI=1S/C11H17IO3/c1-8(6-9(2)12)11(14)5-4-10(7-13)15-3/h4,6-8,11,14H,5H2,1-3H3/b9-6+,10-4+/t8-,11-/m0/s1. The van der Waals surface area contributed by atoms with Crippen LogP contribution in [0.25, 0.3) is 0 Å². The first-order chi connectivity index (χ1) is 7.01. The zero-order valence-corrected chi connectivity index (χ0v) is 11.4. The van der Waals surface area contributed by atoms with Gasteiger partial charge in [0.2, 0.25) is 0 Å². The van der Waals surface area contributed by atoms with E-state index in [2.05, 4.69) is 22.6 Å². The normalized spacial score (nSPS) is 17.1. The third-order valence-electron chi connectivity index (χ3n) is 2.01. The van der Waals surface area contributed by atoms with Crippen molar-refractivity contribution >= 4 is 28.9 Å². The molecule has 0 aromatic heterocycles. The number of aliphatic hydroxyl groups is 1. The molecule has 0 radical (unpaired) electrons. The fourth-order valence-electron chi connectivity index (χ4n) is 1.10. The van der Waals surface area contributed by atoms with Crippen LogP contribution in [-0.4, -0.2) is 24.6 Å². The van der Waals surface area contributed by atoms with Gasteiger partial charge in [0.25, 0.3) is 0 Å². The number of methoxy groups -OCH3 is 1. The van der Waals surface area contributed by atoms with E-state index in [1.807, 2.05) is 19.9 Å². The third-order valence-corrected chi connectivity index (χ3v) is 2.37. The molecule has 1 N–H and O–H groups in total. The van der Waals surface area contributed by atoms with Crippen molar-refractivity contribution in [2.45, 2.75) is 26.4 Å². The molecule has 0 fully saturated rings. The maximum atomic E-state index is 10.4. The molecule has 0 unspecified atom stereocenters. The maximum absolute atomic E-state index is 10.4. The molecule has 2 atom stereocenters. The summed E-state index contributed by atoms with van der Waals surface area (Å²) in [5.74, 6) is 0.333. The number of carbonyl (C=O) groups is 1. The summed E-state index contributed by atoms with van der Waals surface area (Å²) in [5.41, 5.74) is 0. The summed E-state index contributed by atoms with van der Waals surface area (Å²) in [5, 5.41) is 9.74. The summed E-state index contributed by atoms with van der Waals surface area (Å²) in [6.07, 6.45) is 4.16. The predicted octanol–water partition coefficient (Wildman–Crippen LogP) is 2.44. The van der Waals surface area contributed by atoms with Crippen LogP contribution in [0, 0.1) is 5.92 Å². The van der Waals surface area contributed by atoms with Crippen molar-refractivity contribution in [3.05, 3.63) is 21.5 Å². The molecular formula is C11H17IO3. The Bertz CT molecular complexity index is 255. The van der Waals surface area contributed by atoms with E-state index in [9.17, 15) is 9.90 Å². The van der Waals surface area contributed by atoms with E-state index >= 15 is 0 Å².